The Morgan fingerprint density at radius 3 is 1.84 bits per heavy atom. The molecule has 4 rings (SSSR count). The van der Waals surface area contributed by atoms with Crippen LogP contribution >= 0.6 is 0 Å². The SMILES string of the molecule is CCCCCCCCOc1ccc(-c2ccc(C(=O)Oc3ccc(OC(=O)[C@H](C)OCc4ccccc4)cc3)cc2)cc1. The number of rotatable bonds is 16. The molecule has 0 unspecified atom stereocenters. The predicted octanol–water partition coefficient (Wildman–Crippen LogP) is 8.82. The van der Waals surface area contributed by atoms with Crippen LogP contribution < -0.4 is 14.2 Å². The summed E-state index contributed by atoms with van der Waals surface area (Å²) in [6, 6.07) is 31.2. The van der Waals surface area contributed by atoms with Crippen molar-refractivity contribution in [2.24, 2.45) is 0 Å². The standard InChI is InChI=1S/C37H40O6/c1-3-4-5-6-7-11-26-40-33-20-18-31(19-21-33)30-14-16-32(17-15-30)37(39)43-35-24-22-34(23-25-35)42-36(38)28(2)41-27-29-12-9-8-10-13-29/h8-10,12-25,28H,3-7,11,26-27H2,1-2H3/t28-/m0/s1. The van der Waals surface area contributed by atoms with Crippen LogP contribution in [0.5, 0.6) is 17.2 Å². The third-order valence-electron chi connectivity index (χ3n) is 7.00. The van der Waals surface area contributed by atoms with E-state index in [0.29, 0.717) is 23.7 Å². The van der Waals surface area contributed by atoms with Crippen molar-refractivity contribution in [3.63, 3.8) is 0 Å². The number of carbonyl (C=O) groups is 2. The number of benzene rings is 4. The topological polar surface area (TPSA) is 71.1 Å². The monoisotopic (exact) mass is 580 g/mol. The van der Waals surface area contributed by atoms with Gasteiger partial charge >= 0.3 is 11.9 Å². The number of unbranched alkanes of at least 4 members (excludes halogenated alkanes) is 5. The number of esters is 2. The van der Waals surface area contributed by atoms with Crippen LogP contribution in [0.4, 0.5) is 0 Å². The smallest absolute Gasteiger partial charge is 0.343 e. The molecule has 0 N–H and O–H groups in total. The van der Waals surface area contributed by atoms with Gasteiger partial charge in [0.15, 0.2) is 6.10 Å². The maximum atomic E-state index is 12.7. The Balaban J connectivity index is 1.21. The van der Waals surface area contributed by atoms with Crippen molar-refractivity contribution < 1.29 is 28.5 Å². The lowest BCUT2D eigenvalue weighted by Gasteiger charge is -2.13. The number of carbonyl (C=O) groups excluding carboxylic acids is 2. The molecule has 0 aliphatic carbocycles. The molecule has 0 aliphatic rings. The van der Waals surface area contributed by atoms with Gasteiger partial charge < -0.3 is 18.9 Å². The van der Waals surface area contributed by atoms with E-state index in [9.17, 15) is 9.59 Å². The zero-order valence-electron chi connectivity index (χ0n) is 25.0. The van der Waals surface area contributed by atoms with Gasteiger partial charge in [-0.05, 0) is 78.6 Å². The predicted molar refractivity (Wildman–Crippen MR) is 168 cm³/mol. The molecule has 0 spiro atoms. The van der Waals surface area contributed by atoms with Crippen molar-refractivity contribution in [2.45, 2.75) is 65.1 Å². The fourth-order valence-electron chi connectivity index (χ4n) is 4.42. The van der Waals surface area contributed by atoms with Crippen molar-refractivity contribution >= 4 is 11.9 Å². The molecule has 0 bridgehead atoms. The first kappa shape index (κ1) is 31.5. The molecule has 6 heteroatoms. The summed E-state index contributed by atoms with van der Waals surface area (Å²) < 4.78 is 22.4. The third-order valence-corrected chi connectivity index (χ3v) is 7.00. The van der Waals surface area contributed by atoms with Gasteiger partial charge in [-0.25, -0.2) is 9.59 Å². The lowest BCUT2D eigenvalue weighted by molar-refractivity contribution is -0.147. The second-order valence-corrected chi connectivity index (χ2v) is 10.4. The molecule has 0 amide bonds. The second kappa shape index (κ2) is 16.9. The Kier molecular flexibility index (Phi) is 12.4. The van der Waals surface area contributed by atoms with Crippen LogP contribution in [-0.4, -0.2) is 24.6 Å². The zero-order chi connectivity index (χ0) is 30.3. The molecule has 0 heterocycles. The van der Waals surface area contributed by atoms with Crippen molar-refractivity contribution in [1.82, 2.24) is 0 Å². The van der Waals surface area contributed by atoms with Gasteiger partial charge in [-0.2, -0.15) is 0 Å². The quantitative estimate of drug-likeness (QED) is 0.0749. The fourth-order valence-corrected chi connectivity index (χ4v) is 4.42. The van der Waals surface area contributed by atoms with Crippen LogP contribution in [0.25, 0.3) is 11.1 Å². The summed E-state index contributed by atoms with van der Waals surface area (Å²) in [6.07, 6.45) is 6.70. The molecule has 6 nitrogen and oxygen atoms in total. The van der Waals surface area contributed by atoms with Gasteiger partial charge in [0.1, 0.15) is 17.2 Å². The highest BCUT2D eigenvalue weighted by Crippen LogP contribution is 2.24. The maximum Gasteiger partial charge on any atom is 0.343 e. The van der Waals surface area contributed by atoms with Gasteiger partial charge in [0, 0.05) is 0 Å². The number of ether oxygens (including phenoxy) is 4. The third kappa shape index (κ3) is 10.4. The van der Waals surface area contributed by atoms with E-state index in [-0.39, 0.29) is 0 Å². The largest absolute Gasteiger partial charge is 0.494 e. The molecule has 224 valence electrons. The normalized spacial score (nSPS) is 11.5. The highest BCUT2D eigenvalue weighted by atomic mass is 16.6. The Bertz CT molecular complexity index is 1400. The van der Waals surface area contributed by atoms with Gasteiger partial charge in [0.05, 0.1) is 18.8 Å². The number of hydrogen-bond acceptors (Lipinski definition) is 6. The minimum Gasteiger partial charge on any atom is -0.494 e. The molecule has 0 fully saturated rings. The molecule has 0 aromatic heterocycles. The summed E-state index contributed by atoms with van der Waals surface area (Å²) in [5, 5.41) is 0. The van der Waals surface area contributed by atoms with Gasteiger partial charge in [-0.1, -0.05) is 93.6 Å². The van der Waals surface area contributed by atoms with E-state index in [1.165, 1.54) is 32.1 Å². The van der Waals surface area contributed by atoms with Gasteiger partial charge in [0.2, 0.25) is 0 Å². The van der Waals surface area contributed by atoms with E-state index in [4.69, 9.17) is 18.9 Å². The first-order chi connectivity index (χ1) is 21.0. The highest BCUT2D eigenvalue weighted by molar-refractivity contribution is 5.91. The van der Waals surface area contributed by atoms with Crippen LogP contribution in [0.2, 0.25) is 0 Å². The van der Waals surface area contributed by atoms with Gasteiger partial charge in [-0.15, -0.1) is 0 Å². The first-order valence-electron chi connectivity index (χ1n) is 15.0. The van der Waals surface area contributed by atoms with Crippen LogP contribution in [0.3, 0.4) is 0 Å². The summed E-state index contributed by atoms with van der Waals surface area (Å²) >= 11 is 0. The molecule has 0 saturated heterocycles. The van der Waals surface area contributed by atoms with Gasteiger partial charge in [0.25, 0.3) is 0 Å². The highest BCUT2D eigenvalue weighted by Gasteiger charge is 2.17. The van der Waals surface area contributed by atoms with Crippen LogP contribution in [-0.2, 0) is 16.1 Å². The summed E-state index contributed by atoms with van der Waals surface area (Å²) in [5.41, 5.74) is 3.44. The molecule has 1 atom stereocenters. The zero-order valence-corrected chi connectivity index (χ0v) is 25.0. The molecule has 0 aliphatic heterocycles. The lowest BCUT2D eigenvalue weighted by atomic mass is 10.0. The molecule has 4 aromatic carbocycles. The van der Waals surface area contributed by atoms with Crippen molar-refractivity contribution in [2.75, 3.05) is 6.61 Å². The summed E-state index contributed by atoms with van der Waals surface area (Å²) in [7, 11) is 0. The van der Waals surface area contributed by atoms with Crippen molar-refractivity contribution in [3.05, 3.63) is 114 Å². The Hall–Kier alpha value is -4.42. The van der Waals surface area contributed by atoms with E-state index in [1.54, 1.807) is 43.3 Å². The molecule has 0 saturated carbocycles. The Morgan fingerprint density at radius 1 is 0.628 bits per heavy atom. The first-order valence-corrected chi connectivity index (χ1v) is 15.0. The van der Waals surface area contributed by atoms with Gasteiger partial charge in [-0.3, -0.25) is 0 Å². The minimum absolute atomic E-state index is 0.313. The fraction of sp³-hybridized carbons (Fsp3) is 0.297. The van der Waals surface area contributed by atoms with E-state index >= 15 is 0 Å². The summed E-state index contributed by atoms with van der Waals surface area (Å²) in [4.78, 5) is 25.1. The van der Waals surface area contributed by atoms with Crippen LogP contribution in [0.1, 0.15) is 68.3 Å². The molecule has 4 aromatic rings. The van der Waals surface area contributed by atoms with Crippen molar-refractivity contribution in [1.29, 1.82) is 0 Å². The van der Waals surface area contributed by atoms with E-state index in [0.717, 1.165) is 35.5 Å². The lowest BCUT2D eigenvalue weighted by Crippen LogP contribution is -2.25. The molecular weight excluding hydrogens is 540 g/mol. The second-order valence-electron chi connectivity index (χ2n) is 10.4. The molecular formula is C37H40O6. The molecule has 43 heavy (non-hydrogen) atoms. The average Bonchev–Trinajstić information content (AvgIpc) is 3.05. The Morgan fingerprint density at radius 2 is 1.19 bits per heavy atom. The van der Waals surface area contributed by atoms with E-state index in [2.05, 4.69) is 6.92 Å². The minimum atomic E-state index is -0.734. The number of hydrogen-bond donors (Lipinski definition) is 0. The average molecular weight is 581 g/mol. The van der Waals surface area contributed by atoms with Crippen LogP contribution in [0.15, 0.2) is 103 Å². The summed E-state index contributed by atoms with van der Waals surface area (Å²) in [5.74, 6) is 0.569. The Labute approximate surface area is 254 Å². The van der Waals surface area contributed by atoms with Crippen molar-refractivity contribution in [3.8, 4) is 28.4 Å². The van der Waals surface area contributed by atoms with E-state index in [1.807, 2.05) is 66.7 Å². The van der Waals surface area contributed by atoms with Crippen LogP contribution in [0, 0.1) is 0 Å². The summed E-state index contributed by atoms with van der Waals surface area (Å²) in [6.45, 7) is 4.92. The maximum absolute atomic E-state index is 12.7. The molecule has 0 radical (unpaired) electrons. The van der Waals surface area contributed by atoms with E-state index < -0.39 is 18.0 Å².